The van der Waals surface area contributed by atoms with Gasteiger partial charge in [0.1, 0.15) is 0 Å². The first-order valence-corrected chi connectivity index (χ1v) is 20.3. The number of hydrogen-bond acceptors (Lipinski definition) is 4. The molecular weight excluding hydrogens is 592 g/mol. The second-order valence-corrected chi connectivity index (χ2v) is 15.5. The summed E-state index contributed by atoms with van der Waals surface area (Å²) in [6, 6.07) is 18.1. The fourth-order valence-corrected chi connectivity index (χ4v) is 8.34. The van der Waals surface area contributed by atoms with Crippen LogP contribution in [0.2, 0.25) is 0 Å². The standard InChI is InChI=1S/C44H68O4/c1-5-7-9-11-13-15-17-41-31-45-43(47-33(41)3)39-27-23-37(24-28-39)35-19-21-36(22-20-35)38-25-29-40(30-26-38)44-46-32-42(34(4)48-44)18-16-14-12-10-8-6-2/h19-24,27-28,33-34,38,40-44H,5-18,25-26,29-32H2,1-4H3/t33?,34?,38?,40?,41-,42-,43-,44-/m1/s1. The van der Waals surface area contributed by atoms with Crippen LogP contribution in [-0.2, 0) is 18.9 Å². The summed E-state index contributed by atoms with van der Waals surface area (Å²) in [5.74, 6) is 2.23. The number of benzene rings is 2. The molecular formula is C44H68O4. The van der Waals surface area contributed by atoms with Gasteiger partial charge in [0.05, 0.1) is 25.4 Å². The molecule has 5 rings (SSSR count). The molecule has 4 heteroatoms. The summed E-state index contributed by atoms with van der Waals surface area (Å²) in [7, 11) is 0. The zero-order valence-electron chi connectivity index (χ0n) is 31.0. The fraction of sp³-hybridized carbons (Fsp3) is 0.727. The average molecular weight is 661 g/mol. The molecule has 0 spiro atoms. The smallest absolute Gasteiger partial charge is 0.184 e. The lowest BCUT2D eigenvalue weighted by Gasteiger charge is -2.40. The van der Waals surface area contributed by atoms with Crippen molar-refractivity contribution < 1.29 is 18.9 Å². The molecule has 0 bridgehead atoms. The zero-order chi connectivity index (χ0) is 33.6. The van der Waals surface area contributed by atoms with E-state index in [1.807, 2.05) is 0 Å². The van der Waals surface area contributed by atoms with Gasteiger partial charge in [0.15, 0.2) is 12.6 Å². The Kier molecular flexibility index (Phi) is 15.8. The second-order valence-electron chi connectivity index (χ2n) is 15.5. The van der Waals surface area contributed by atoms with Crippen molar-refractivity contribution >= 4 is 0 Å². The third-order valence-electron chi connectivity index (χ3n) is 11.9. The molecule has 2 aliphatic heterocycles. The first-order chi connectivity index (χ1) is 23.6. The fourth-order valence-electron chi connectivity index (χ4n) is 8.34. The summed E-state index contributed by atoms with van der Waals surface area (Å²) in [6.07, 6.45) is 23.7. The minimum Gasteiger partial charge on any atom is -0.352 e. The minimum atomic E-state index is -0.258. The van der Waals surface area contributed by atoms with Gasteiger partial charge in [0, 0.05) is 23.3 Å². The Labute approximate surface area is 294 Å². The SMILES string of the molecule is CCCCCCCC[C@@H]1CO[C@@H](c2ccc(-c3ccc(C4CCC([C@@H]5OC[C@@H](CCCCCCCC)C(C)O5)CC4)cc3)cc2)OC1C. The molecule has 4 nitrogen and oxygen atoms in total. The molecule has 2 heterocycles. The van der Waals surface area contributed by atoms with Crippen molar-refractivity contribution in [3.05, 3.63) is 59.7 Å². The molecule has 3 aliphatic rings. The van der Waals surface area contributed by atoms with E-state index in [1.165, 1.54) is 132 Å². The lowest BCUT2D eigenvalue weighted by molar-refractivity contribution is -0.257. The molecule has 2 aromatic carbocycles. The lowest BCUT2D eigenvalue weighted by atomic mass is 9.78. The molecule has 2 unspecified atom stereocenters. The molecule has 2 saturated heterocycles. The first kappa shape index (κ1) is 37.5. The van der Waals surface area contributed by atoms with Gasteiger partial charge in [-0.2, -0.15) is 0 Å². The Hall–Kier alpha value is -1.72. The van der Waals surface area contributed by atoms with Gasteiger partial charge in [-0.25, -0.2) is 0 Å². The third-order valence-corrected chi connectivity index (χ3v) is 11.9. The summed E-state index contributed by atoms with van der Waals surface area (Å²) in [5, 5.41) is 0. The van der Waals surface area contributed by atoms with Gasteiger partial charge in [0.2, 0.25) is 0 Å². The molecule has 6 atom stereocenters. The van der Waals surface area contributed by atoms with Crippen LogP contribution in [0.25, 0.3) is 11.1 Å². The predicted molar refractivity (Wildman–Crippen MR) is 199 cm³/mol. The quantitative estimate of drug-likeness (QED) is 0.149. The summed E-state index contributed by atoms with van der Waals surface area (Å²) in [4.78, 5) is 0. The van der Waals surface area contributed by atoms with E-state index >= 15 is 0 Å². The number of unbranched alkanes of at least 4 members (excludes halogenated alkanes) is 10. The van der Waals surface area contributed by atoms with E-state index in [2.05, 4.69) is 76.2 Å². The Bertz CT molecular complexity index is 1140. The highest BCUT2D eigenvalue weighted by Gasteiger charge is 2.36. The monoisotopic (exact) mass is 661 g/mol. The van der Waals surface area contributed by atoms with E-state index in [0.29, 0.717) is 29.8 Å². The summed E-state index contributed by atoms with van der Waals surface area (Å²) in [5.41, 5.74) is 5.10. The van der Waals surface area contributed by atoms with Crippen molar-refractivity contribution in [1.82, 2.24) is 0 Å². The van der Waals surface area contributed by atoms with Gasteiger partial charge >= 0.3 is 0 Å². The Morgan fingerprint density at radius 2 is 1.00 bits per heavy atom. The van der Waals surface area contributed by atoms with Crippen LogP contribution < -0.4 is 0 Å². The van der Waals surface area contributed by atoms with Crippen molar-refractivity contribution in [2.45, 2.75) is 174 Å². The van der Waals surface area contributed by atoms with Crippen LogP contribution in [0.4, 0.5) is 0 Å². The van der Waals surface area contributed by atoms with E-state index in [9.17, 15) is 0 Å². The number of ether oxygens (including phenoxy) is 4. The molecule has 2 aromatic rings. The summed E-state index contributed by atoms with van der Waals surface area (Å²) >= 11 is 0. The van der Waals surface area contributed by atoms with Crippen LogP contribution in [-0.4, -0.2) is 31.7 Å². The highest BCUT2D eigenvalue weighted by Crippen LogP contribution is 2.41. The highest BCUT2D eigenvalue weighted by molar-refractivity contribution is 5.64. The van der Waals surface area contributed by atoms with Gasteiger partial charge in [-0.1, -0.05) is 139 Å². The van der Waals surface area contributed by atoms with Crippen LogP contribution in [0.3, 0.4) is 0 Å². The van der Waals surface area contributed by atoms with Crippen molar-refractivity contribution in [1.29, 1.82) is 0 Å². The maximum absolute atomic E-state index is 6.49. The largest absolute Gasteiger partial charge is 0.352 e. The molecule has 1 saturated carbocycles. The van der Waals surface area contributed by atoms with Crippen LogP contribution in [0.1, 0.15) is 167 Å². The maximum Gasteiger partial charge on any atom is 0.184 e. The Balaban J connectivity index is 1.01. The summed E-state index contributed by atoms with van der Waals surface area (Å²) < 4.78 is 25.4. The second kappa shape index (κ2) is 20.2. The first-order valence-electron chi connectivity index (χ1n) is 20.3. The highest BCUT2D eigenvalue weighted by atomic mass is 16.7. The van der Waals surface area contributed by atoms with Crippen LogP contribution in [0.5, 0.6) is 0 Å². The minimum absolute atomic E-state index is 0.00809. The number of rotatable bonds is 18. The molecule has 0 N–H and O–H groups in total. The van der Waals surface area contributed by atoms with Gasteiger partial charge in [-0.3, -0.25) is 0 Å². The van der Waals surface area contributed by atoms with Gasteiger partial charge in [-0.15, -0.1) is 0 Å². The van der Waals surface area contributed by atoms with E-state index in [4.69, 9.17) is 18.9 Å². The van der Waals surface area contributed by atoms with Crippen LogP contribution in [0.15, 0.2) is 48.5 Å². The van der Waals surface area contributed by atoms with Crippen LogP contribution >= 0.6 is 0 Å². The molecule has 0 aromatic heterocycles. The third kappa shape index (κ3) is 11.1. The van der Waals surface area contributed by atoms with Crippen LogP contribution in [0, 0.1) is 17.8 Å². The summed E-state index contributed by atoms with van der Waals surface area (Å²) in [6.45, 7) is 10.7. The molecule has 3 fully saturated rings. The predicted octanol–water partition coefficient (Wildman–Crippen LogP) is 12.6. The van der Waals surface area contributed by atoms with E-state index in [-0.39, 0.29) is 18.7 Å². The van der Waals surface area contributed by atoms with Gasteiger partial charge in [0.25, 0.3) is 0 Å². The number of hydrogen-bond donors (Lipinski definition) is 0. The van der Waals surface area contributed by atoms with Crippen molar-refractivity contribution in [2.24, 2.45) is 17.8 Å². The Morgan fingerprint density at radius 1 is 0.521 bits per heavy atom. The Morgan fingerprint density at radius 3 is 1.52 bits per heavy atom. The molecule has 268 valence electrons. The normalized spacial score (nSPS) is 29.6. The molecule has 1 aliphatic carbocycles. The van der Waals surface area contributed by atoms with E-state index in [1.54, 1.807) is 0 Å². The zero-order valence-corrected chi connectivity index (χ0v) is 31.0. The maximum atomic E-state index is 6.49. The van der Waals surface area contributed by atoms with Crippen molar-refractivity contribution in [2.75, 3.05) is 13.2 Å². The average Bonchev–Trinajstić information content (AvgIpc) is 3.12. The van der Waals surface area contributed by atoms with Crippen molar-refractivity contribution in [3.63, 3.8) is 0 Å². The van der Waals surface area contributed by atoms with E-state index in [0.717, 1.165) is 18.8 Å². The lowest BCUT2D eigenvalue weighted by Crippen LogP contribution is -2.42. The van der Waals surface area contributed by atoms with Gasteiger partial charge in [-0.05, 0) is 75.0 Å². The van der Waals surface area contributed by atoms with E-state index < -0.39 is 0 Å². The molecule has 0 amide bonds. The molecule has 0 radical (unpaired) electrons. The topological polar surface area (TPSA) is 36.9 Å². The van der Waals surface area contributed by atoms with Crippen molar-refractivity contribution in [3.8, 4) is 11.1 Å². The molecule has 48 heavy (non-hydrogen) atoms. The van der Waals surface area contributed by atoms with Gasteiger partial charge < -0.3 is 18.9 Å².